The van der Waals surface area contributed by atoms with E-state index in [4.69, 9.17) is 9.40 Å². The van der Waals surface area contributed by atoms with E-state index >= 15 is 0 Å². The number of aromatic nitrogens is 5. The minimum Gasteiger partial charge on any atom is -0.419 e. The number of hydrogen-bond acceptors (Lipinski definition) is 7. The normalized spacial score (nSPS) is 17.4. The molecule has 7 nitrogen and oxygen atoms in total. The van der Waals surface area contributed by atoms with E-state index in [9.17, 15) is 0 Å². The maximum Gasteiger partial charge on any atom is 0.267 e. The Morgan fingerprint density at radius 3 is 2.89 bits per heavy atom. The van der Waals surface area contributed by atoms with Gasteiger partial charge in [0.25, 0.3) is 5.89 Å². The smallest absolute Gasteiger partial charge is 0.267 e. The highest BCUT2D eigenvalue weighted by atomic mass is 16.4. The molecule has 1 atom stereocenters. The standard InChI is InChI=1S/C21H20N6O/c1-14-10-23-19(11-22-14)21-26-25-20(28-21)16-8-9-27(12-16)13-17-7-6-15-4-2-3-5-18(15)24-17/h2-7,10-11,16H,8-9,12-13H2,1H3/t16-/m1/s1. The predicted molar refractivity (Wildman–Crippen MR) is 104 cm³/mol. The molecule has 0 amide bonds. The van der Waals surface area contributed by atoms with Crippen molar-refractivity contribution in [2.24, 2.45) is 0 Å². The van der Waals surface area contributed by atoms with Gasteiger partial charge in [-0.15, -0.1) is 10.2 Å². The number of para-hydroxylation sites is 1. The quantitative estimate of drug-likeness (QED) is 0.543. The number of hydrogen-bond donors (Lipinski definition) is 0. The second-order valence-corrected chi connectivity index (χ2v) is 7.20. The molecule has 0 aliphatic carbocycles. The highest BCUT2D eigenvalue weighted by molar-refractivity contribution is 5.78. The molecule has 1 aliphatic heterocycles. The Balaban J connectivity index is 1.27. The first-order valence-electron chi connectivity index (χ1n) is 9.44. The van der Waals surface area contributed by atoms with Gasteiger partial charge in [-0.1, -0.05) is 24.3 Å². The molecule has 0 radical (unpaired) electrons. The van der Waals surface area contributed by atoms with Crippen LogP contribution < -0.4 is 0 Å². The monoisotopic (exact) mass is 372 g/mol. The van der Waals surface area contributed by atoms with Crippen LogP contribution in [0.1, 0.15) is 29.6 Å². The zero-order valence-electron chi connectivity index (χ0n) is 15.6. The fraction of sp³-hybridized carbons (Fsp3) is 0.286. The van der Waals surface area contributed by atoms with Crippen LogP contribution in [0.5, 0.6) is 0 Å². The molecular weight excluding hydrogens is 352 g/mol. The van der Waals surface area contributed by atoms with Crippen LogP contribution in [0.4, 0.5) is 0 Å². The van der Waals surface area contributed by atoms with E-state index in [-0.39, 0.29) is 5.92 Å². The van der Waals surface area contributed by atoms with Gasteiger partial charge in [0.2, 0.25) is 5.89 Å². The Kier molecular flexibility index (Phi) is 4.29. The molecule has 3 aromatic heterocycles. The lowest BCUT2D eigenvalue weighted by Crippen LogP contribution is -2.20. The molecule has 0 saturated carbocycles. The summed E-state index contributed by atoms with van der Waals surface area (Å²) in [6.45, 7) is 4.59. The Morgan fingerprint density at radius 1 is 1.07 bits per heavy atom. The maximum absolute atomic E-state index is 5.88. The Bertz CT molecular complexity index is 1110. The van der Waals surface area contributed by atoms with Gasteiger partial charge in [0.1, 0.15) is 5.69 Å². The van der Waals surface area contributed by atoms with Gasteiger partial charge in [-0.05, 0) is 32.0 Å². The minimum atomic E-state index is 0.236. The first-order chi connectivity index (χ1) is 13.7. The van der Waals surface area contributed by atoms with E-state index in [2.05, 4.69) is 49.3 Å². The van der Waals surface area contributed by atoms with Crippen LogP contribution >= 0.6 is 0 Å². The summed E-state index contributed by atoms with van der Waals surface area (Å²) in [6, 6.07) is 12.4. The Morgan fingerprint density at radius 2 is 2.00 bits per heavy atom. The van der Waals surface area contributed by atoms with Gasteiger partial charge in [0.05, 0.1) is 29.0 Å². The zero-order valence-corrected chi connectivity index (χ0v) is 15.6. The zero-order chi connectivity index (χ0) is 18.9. The van der Waals surface area contributed by atoms with Crippen LogP contribution in [-0.4, -0.2) is 43.1 Å². The van der Waals surface area contributed by atoms with E-state index in [0.29, 0.717) is 17.5 Å². The van der Waals surface area contributed by atoms with Crippen molar-refractivity contribution in [1.29, 1.82) is 0 Å². The van der Waals surface area contributed by atoms with Gasteiger partial charge in [-0.25, -0.2) is 4.98 Å². The number of fused-ring (bicyclic) bond motifs is 1. The van der Waals surface area contributed by atoms with Gasteiger partial charge in [0, 0.05) is 24.7 Å². The number of aryl methyl sites for hydroxylation is 1. The van der Waals surface area contributed by atoms with Crippen molar-refractivity contribution < 1.29 is 4.42 Å². The molecule has 1 aromatic carbocycles. The average molecular weight is 372 g/mol. The molecule has 0 spiro atoms. The summed E-state index contributed by atoms with van der Waals surface area (Å²) >= 11 is 0. The second-order valence-electron chi connectivity index (χ2n) is 7.20. The summed E-state index contributed by atoms with van der Waals surface area (Å²) in [4.78, 5) is 15.7. The maximum atomic E-state index is 5.88. The lowest BCUT2D eigenvalue weighted by atomic mass is 10.1. The van der Waals surface area contributed by atoms with E-state index < -0.39 is 0 Å². The highest BCUT2D eigenvalue weighted by Gasteiger charge is 2.28. The lowest BCUT2D eigenvalue weighted by molar-refractivity contribution is 0.317. The molecule has 0 bridgehead atoms. The average Bonchev–Trinajstić information content (AvgIpc) is 3.38. The van der Waals surface area contributed by atoms with E-state index in [1.165, 1.54) is 5.39 Å². The summed E-state index contributed by atoms with van der Waals surface area (Å²) in [5, 5.41) is 9.58. The topological polar surface area (TPSA) is 80.8 Å². The van der Waals surface area contributed by atoms with Crippen molar-refractivity contribution >= 4 is 10.9 Å². The SMILES string of the molecule is Cc1cnc(-c2nnc([C@@H]3CCN(Cc4ccc5ccccc5n4)C3)o2)cn1. The van der Waals surface area contributed by atoms with E-state index in [0.717, 1.165) is 43.0 Å². The third-order valence-corrected chi connectivity index (χ3v) is 5.10. The predicted octanol–water partition coefficient (Wildman–Crippen LogP) is 3.37. The van der Waals surface area contributed by atoms with E-state index in [1.807, 2.05) is 19.1 Å². The summed E-state index contributed by atoms with van der Waals surface area (Å²) < 4.78 is 5.88. The van der Waals surface area contributed by atoms with Gasteiger partial charge < -0.3 is 4.42 Å². The molecule has 0 unspecified atom stereocenters. The van der Waals surface area contributed by atoms with Gasteiger partial charge >= 0.3 is 0 Å². The first kappa shape index (κ1) is 16.9. The van der Waals surface area contributed by atoms with Crippen molar-refractivity contribution in [3.63, 3.8) is 0 Å². The summed E-state index contributed by atoms with van der Waals surface area (Å²) in [7, 11) is 0. The van der Waals surface area contributed by atoms with Crippen LogP contribution in [-0.2, 0) is 6.54 Å². The minimum absolute atomic E-state index is 0.236. The van der Waals surface area contributed by atoms with Gasteiger partial charge in [-0.3, -0.25) is 14.9 Å². The largest absolute Gasteiger partial charge is 0.419 e. The van der Waals surface area contributed by atoms with Crippen LogP contribution in [0.3, 0.4) is 0 Å². The number of benzene rings is 1. The van der Waals surface area contributed by atoms with Gasteiger partial charge in [0.15, 0.2) is 0 Å². The first-order valence-corrected chi connectivity index (χ1v) is 9.44. The van der Waals surface area contributed by atoms with Crippen LogP contribution in [0.25, 0.3) is 22.5 Å². The molecule has 7 heteroatoms. The fourth-order valence-corrected chi connectivity index (χ4v) is 3.61. The Hall–Kier alpha value is -3.19. The van der Waals surface area contributed by atoms with Crippen molar-refractivity contribution in [2.45, 2.75) is 25.8 Å². The molecule has 4 aromatic rings. The third-order valence-electron chi connectivity index (χ3n) is 5.10. The fourth-order valence-electron chi connectivity index (χ4n) is 3.61. The molecule has 28 heavy (non-hydrogen) atoms. The van der Waals surface area contributed by atoms with Gasteiger partial charge in [-0.2, -0.15) is 0 Å². The molecule has 5 rings (SSSR count). The number of rotatable bonds is 4. The Labute approximate surface area is 162 Å². The number of pyridine rings is 1. The highest BCUT2D eigenvalue weighted by Crippen LogP contribution is 2.29. The molecule has 1 fully saturated rings. The number of likely N-dealkylation sites (tertiary alicyclic amines) is 1. The molecule has 1 aliphatic rings. The summed E-state index contributed by atoms with van der Waals surface area (Å²) in [5.41, 5.74) is 3.59. The summed E-state index contributed by atoms with van der Waals surface area (Å²) in [6.07, 6.45) is 4.36. The molecular formula is C21H20N6O. The van der Waals surface area contributed by atoms with Crippen LogP contribution in [0.15, 0.2) is 53.2 Å². The molecule has 0 N–H and O–H groups in total. The molecule has 4 heterocycles. The van der Waals surface area contributed by atoms with Crippen molar-refractivity contribution in [3.05, 3.63) is 66.1 Å². The van der Waals surface area contributed by atoms with Crippen molar-refractivity contribution in [1.82, 2.24) is 30.0 Å². The lowest BCUT2D eigenvalue weighted by Gasteiger charge is -2.14. The van der Waals surface area contributed by atoms with Crippen molar-refractivity contribution in [2.75, 3.05) is 13.1 Å². The van der Waals surface area contributed by atoms with Crippen molar-refractivity contribution in [3.8, 4) is 11.6 Å². The number of nitrogens with zero attached hydrogens (tertiary/aromatic N) is 6. The van der Waals surface area contributed by atoms with Crippen LogP contribution in [0.2, 0.25) is 0 Å². The second kappa shape index (κ2) is 7.09. The molecule has 1 saturated heterocycles. The van der Waals surface area contributed by atoms with Crippen LogP contribution in [0, 0.1) is 6.92 Å². The van der Waals surface area contributed by atoms with E-state index in [1.54, 1.807) is 12.4 Å². The molecule has 140 valence electrons. The third kappa shape index (κ3) is 3.36. The summed E-state index contributed by atoms with van der Waals surface area (Å²) in [5.74, 6) is 1.34.